The van der Waals surface area contributed by atoms with Gasteiger partial charge in [-0.25, -0.2) is 8.42 Å². The highest BCUT2D eigenvalue weighted by Gasteiger charge is 2.41. The average Bonchev–Trinajstić information content (AvgIpc) is 2.64. The number of piperidine rings is 1. The van der Waals surface area contributed by atoms with Crippen LogP contribution in [0.5, 0.6) is 0 Å². The number of nitrogens with zero attached hydrogens (tertiary/aromatic N) is 1. The lowest BCUT2D eigenvalue weighted by atomic mass is 9.92. The summed E-state index contributed by atoms with van der Waals surface area (Å²) in [7, 11) is -3.58. The molecule has 2 saturated heterocycles. The number of esters is 1. The Hall–Kier alpha value is -0.700. The zero-order valence-electron chi connectivity index (χ0n) is 17.6. The predicted octanol–water partition coefficient (Wildman–Crippen LogP) is 2.68. The van der Waals surface area contributed by atoms with Gasteiger partial charge in [0.15, 0.2) is 5.44 Å². The van der Waals surface area contributed by atoms with Crippen LogP contribution in [0.4, 0.5) is 0 Å². The van der Waals surface area contributed by atoms with Crippen molar-refractivity contribution in [1.29, 1.82) is 0 Å². The average molecular weight is 420 g/mol. The van der Waals surface area contributed by atoms with Crippen molar-refractivity contribution in [2.24, 2.45) is 11.8 Å². The normalized spacial score (nSPS) is 25.6. The van der Waals surface area contributed by atoms with Crippen LogP contribution in [0, 0.1) is 11.8 Å². The van der Waals surface area contributed by atoms with E-state index in [0.29, 0.717) is 25.4 Å². The van der Waals surface area contributed by atoms with Gasteiger partial charge >= 0.3 is 5.97 Å². The second-order valence-corrected chi connectivity index (χ2v) is 11.1. The van der Waals surface area contributed by atoms with Crippen LogP contribution in [0.1, 0.15) is 72.1 Å². The zero-order chi connectivity index (χ0) is 20.8. The van der Waals surface area contributed by atoms with E-state index in [0.717, 1.165) is 38.5 Å². The summed E-state index contributed by atoms with van der Waals surface area (Å²) < 4.78 is 38.6. The molecule has 0 saturated carbocycles. The van der Waals surface area contributed by atoms with Crippen molar-refractivity contribution in [3.63, 3.8) is 0 Å². The van der Waals surface area contributed by atoms with Crippen LogP contribution >= 0.6 is 0 Å². The Kier molecular flexibility index (Phi) is 8.73. The molecule has 0 radical (unpaired) electrons. The largest absolute Gasteiger partial charge is 0.460 e. The molecule has 0 aromatic rings. The van der Waals surface area contributed by atoms with E-state index in [-0.39, 0.29) is 25.6 Å². The third-order valence-electron chi connectivity index (χ3n) is 5.52. The molecule has 0 aliphatic carbocycles. The number of sulfonamides is 1. The first kappa shape index (κ1) is 23.6. The minimum absolute atomic E-state index is 0.165. The van der Waals surface area contributed by atoms with Gasteiger partial charge in [0, 0.05) is 32.7 Å². The topological polar surface area (TPSA) is 93.1 Å². The first-order valence-electron chi connectivity index (χ1n) is 10.6. The molecule has 2 unspecified atom stereocenters. The summed E-state index contributed by atoms with van der Waals surface area (Å²) in [6.45, 7) is 6.97. The van der Waals surface area contributed by atoms with Crippen LogP contribution in [0.25, 0.3) is 0 Å². The molecule has 0 amide bonds. The second-order valence-electron chi connectivity index (χ2n) is 9.02. The molecular formula is C20H37NO6S. The van der Waals surface area contributed by atoms with Crippen molar-refractivity contribution >= 4 is 16.0 Å². The third kappa shape index (κ3) is 6.97. The lowest BCUT2D eigenvalue weighted by Crippen LogP contribution is -2.47. The summed E-state index contributed by atoms with van der Waals surface area (Å²) in [5.74, 6) is -0.221. The highest BCUT2D eigenvalue weighted by atomic mass is 32.2. The van der Waals surface area contributed by atoms with Crippen LogP contribution < -0.4 is 0 Å². The van der Waals surface area contributed by atoms with Gasteiger partial charge in [0.05, 0.1) is 5.92 Å². The molecule has 1 N–H and O–H groups in total. The Labute approximate surface area is 169 Å². The Bertz CT molecular complexity index is 592. The molecule has 2 rings (SSSR count). The van der Waals surface area contributed by atoms with E-state index in [1.54, 1.807) is 4.31 Å². The maximum absolute atomic E-state index is 13.0. The van der Waals surface area contributed by atoms with Crippen molar-refractivity contribution in [3.8, 4) is 0 Å². The highest BCUT2D eigenvalue weighted by Crippen LogP contribution is 2.31. The summed E-state index contributed by atoms with van der Waals surface area (Å²) in [6.07, 6.45) is 6.42. The van der Waals surface area contributed by atoms with E-state index in [1.165, 1.54) is 0 Å². The Balaban J connectivity index is 1.86. The molecule has 28 heavy (non-hydrogen) atoms. The summed E-state index contributed by atoms with van der Waals surface area (Å²) in [4.78, 5) is 12.4. The smallest absolute Gasteiger partial charge is 0.309 e. The number of rotatable bonds is 8. The van der Waals surface area contributed by atoms with Gasteiger partial charge in [-0.05, 0) is 52.4 Å². The Morgan fingerprint density at radius 2 is 1.82 bits per heavy atom. The maximum atomic E-state index is 13.0. The standard InChI is InChI=1S/C20H37NO6S/c1-20(2,3)27-19(23)17-10-14-26-18(15-17)28(24,25)21-11-8-16(9-12-21)7-5-4-6-13-22/h16-18,22H,4-15H2,1-3H3. The third-order valence-corrected chi connectivity index (χ3v) is 7.60. The summed E-state index contributed by atoms with van der Waals surface area (Å²) in [5, 5.41) is 8.85. The van der Waals surface area contributed by atoms with Crippen LogP contribution in [-0.4, -0.2) is 61.1 Å². The van der Waals surface area contributed by atoms with Crippen LogP contribution in [-0.2, 0) is 24.3 Å². The van der Waals surface area contributed by atoms with E-state index in [2.05, 4.69) is 0 Å². The van der Waals surface area contributed by atoms with Crippen molar-refractivity contribution in [3.05, 3.63) is 0 Å². The molecule has 7 nitrogen and oxygen atoms in total. The number of aliphatic hydroxyl groups excluding tert-OH is 1. The number of unbranched alkanes of at least 4 members (excludes halogenated alkanes) is 2. The van der Waals surface area contributed by atoms with Gasteiger partial charge in [-0.1, -0.05) is 19.3 Å². The number of hydrogen-bond acceptors (Lipinski definition) is 6. The Morgan fingerprint density at radius 1 is 1.14 bits per heavy atom. The fraction of sp³-hybridized carbons (Fsp3) is 0.950. The molecule has 0 bridgehead atoms. The van der Waals surface area contributed by atoms with Crippen molar-refractivity contribution in [1.82, 2.24) is 4.31 Å². The van der Waals surface area contributed by atoms with Crippen LogP contribution in [0.15, 0.2) is 0 Å². The number of carbonyl (C=O) groups excluding carboxylic acids is 1. The lowest BCUT2D eigenvalue weighted by molar-refractivity contribution is -0.163. The molecular weight excluding hydrogens is 382 g/mol. The first-order chi connectivity index (χ1) is 13.1. The van der Waals surface area contributed by atoms with E-state index < -0.39 is 27.0 Å². The molecule has 0 spiro atoms. The fourth-order valence-electron chi connectivity index (χ4n) is 3.91. The van der Waals surface area contributed by atoms with E-state index in [1.807, 2.05) is 20.8 Å². The quantitative estimate of drug-likeness (QED) is 0.480. The summed E-state index contributed by atoms with van der Waals surface area (Å²) >= 11 is 0. The van der Waals surface area contributed by atoms with Crippen molar-refractivity contribution in [2.45, 2.75) is 83.2 Å². The van der Waals surface area contributed by atoms with Gasteiger partial charge in [-0.15, -0.1) is 0 Å². The van der Waals surface area contributed by atoms with Gasteiger partial charge in [-0.3, -0.25) is 4.79 Å². The molecule has 8 heteroatoms. The van der Waals surface area contributed by atoms with Crippen LogP contribution in [0.3, 0.4) is 0 Å². The first-order valence-corrected chi connectivity index (χ1v) is 12.1. The van der Waals surface area contributed by atoms with Gasteiger partial charge < -0.3 is 14.6 Å². The minimum Gasteiger partial charge on any atom is -0.460 e. The van der Waals surface area contributed by atoms with Crippen molar-refractivity contribution < 1.29 is 27.8 Å². The summed E-state index contributed by atoms with van der Waals surface area (Å²) in [6, 6.07) is 0. The van der Waals surface area contributed by atoms with Gasteiger partial charge in [-0.2, -0.15) is 4.31 Å². The van der Waals surface area contributed by atoms with Gasteiger partial charge in [0.1, 0.15) is 5.60 Å². The maximum Gasteiger partial charge on any atom is 0.309 e. The second kappa shape index (κ2) is 10.4. The zero-order valence-corrected chi connectivity index (χ0v) is 18.4. The highest BCUT2D eigenvalue weighted by molar-refractivity contribution is 7.89. The number of hydrogen-bond donors (Lipinski definition) is 1. The van der Waals surface area contributed by atoms with Gasteiger partial charge in [0.2, 0.25) is 10.0 Å². The summed E-state index contributed by atoms with van der Waals surface area (Å²) in [5.41, 5.74) is -1.54. The van der Waals surface area contributed by atoms with E-state index in [9.17, 15) is 13.2 Å². The lowest BCUT2D eigenvalue weighted by Gasteiger charge is -2.36. The monoisotopic (exact) mass is 419 g/mol. The van der Waals surface area contributed by atoms with Crippen molar-refractivity contribution in [2.75, 3.05) is 26.3 Å². The molecule has 0 aromatic carbocycles. The van der Waals surface area contributed by atoms with E-state index in [4.69, 9.17) is 14.6 Å². The van der Waals surface area contributed by atoms with Crippen LogP contribution in [0.2, 0.25) is 0 Å². The molecule has 2 heterocycles. The van der Waals surface area contributed by atoms with Gasteiger partial charge in [0.25, 0.3) is 0 Å². The Morgan fingerprint density at radius 3 is 2.43 bits per heavy atom. The fourth-order valence-corrected chi connectivity index (χ4v) is 5.70. The predicted molar refractivity (Wildman–Crippen MR) is 107 cm³/mol. The number of aliphatic hydroxyl groups is 1. The number of carbonyl (C=O) groups is 1. The number of ether oxygens (including phenoxy) is 2. The SMILES string of the molecule is CC(C)(C)OC(=O)C1CCOC(S(=O)(=O)N2CCC(CCCCCO)CC2)C1. The molecule has 2 aliphatic rings. The molecule has 2 fully saturated rings. The molecule has 2 atom stereocenters. The molecule has 0 aromatic heterocycles. The molecule has 2 aliphatic heterocycles. The van der Waals surface area contributed by atoms with E-state index >= 15 is 0 Å². The molecule has 164 valence electrons. The minimum atomic E-state index is -3.58.